The van der Waals surface area contributed by atoms with Crippen molar-refractivity contribution in [3.05, 3.63) is 29.8 Å². The summed E-state index contributed by atoms with van der Waals surface area (Å²) in [5, 5.41) is 11.6. The summed E-state index contributed by atoms with van der Waals surface area (Å²) >= 11 is 0. The maximum Gasteiger partial charge on any atom is 0.319 e. The van der Waals surface area contributed by atoms with E-state index in [4.69, 9.17) is 5.26 Å². The summed E-state index contributed by atoms with van der Waals surface area (Å²) in [7, 11) is 3.46. The summed E-state index contributed by atoms with van der Waals surface area (Å²) in [6, 6.07) is 8.83. The third-order valence-corrected chi connectivity index (χ3v) is 3.80. The molecule has 6 heteroatoms. The smallest absolute Gasteiger partial charge is 0.319 e. The average molecular weight is 300 g/mol. The zero-order chi connectivity index (χ0) is 16.1. The van der Waals surface area contributed by atoms with Crippen LogP contribution in [-0.2, 0) is 4.79 Å². The van der Waals surface area contributed by atoms with Gasteiger partial charge in [-0.3, -0.25) is 4.79 Å². The number of nitrogens with zero attached hydrogens (tertiary/aromatic N) is 3. The largest absolute Gasteiger partial charge is 0.331 e. The van der Waals surface area contributed by atoms with Crippen molar-refractivity contribution in [2.24, 2.45) is 5.92 Å². The van der Waals surface area contributed by atoms with Crippen LogP contribution < -0.4 is 5.32 Å². The first-order valence-electron chi connectivity index (χ1n) is 7.28. The van der Waals surface area contributed by atoms with Crippen molar-refractivity contribution in [1.82, 2.24) is 9.80 Å². The molecule has 1 fully saturated rings. The van der Waals surface area contributed by atoms with Crippen LogP contribution in [0, 0.1) is 17.2 Å². The van der Waals surface area contributed by atoms with E-state index >= 15 is 0 Å². The Morgan fingerprint density at radius 1 is 1.23 bits per heavy atom. The molecule has 116 valence electrons. The van der Waals surface area contributed by atoms with Crippen LogP contribution in [0.2, 0.25) is 0 Å². The van der Waals surface area contributed by atoms with Crippen LogP contribution in [0.4, 0.5) is 10.5 Å². The molecule has 1 aromatic carbocycles. The van der Waals surface area contributed by atoms with Gasteiger partial charge in [-0.15, -0.1) is 0 Å². The number of hydrogen-bond donors (Lipinski definition) is 1. The number of benzene rings is 1. The van der Waals surface area contributed by atoms with Gasteiger partial charge in [0, 0.05) is 38.8 Å². The van der Waals surface area contributed by atoms with Crippen LogP contribution in [-0.4, -0.2) is 48.9 Å². The monoisotopic (exact) mass is 300 g/mol. The molecule has 0 saturated carbocycles. The summed E-state index contributed by atoms with van der Waals surface area (Å²) in [5.74, 6) is -0.108. The molecule has 6 nitrogen and oxygen atoms in total. The van der Waals surface area contributed by atoms with Crippen molar-refractivity contribution in [3.63, 3.8) is 0 Å². The number of likely N-dealkylation sites (tertiary alicyclic amines) is 1. The lowest BCUT2D eigenvalue weighted by Crippen LogP contribution is -2.45. The van der Waals surface area contributed by atoms with E-state index in [0.29, 0.717) is 37.2 Å². The highest BCUT2D eigenvalue weighted by molar-refractivity contribution is 5.92. The minimum absolute atomic E-state index is 0.00838. The third kappa shape index (κ3) is 3.76. The van der Waals surface area contributed by atoms with E-state index in [-0.39, 0.29) is 17.9 Å². The molecule has 0 aliphatic carbocycles. The maximum absolute atomic E-state index is 12.2. The molecule has 1 heterocycles. The van der Waals surface area contributed by atoms with Gasteiger partial charge in [0.15, 0.2) is 0 Å². The molecular formula is C16H20N4O2. The zero-order valence-electron chi connectivity index (χ0n) is 12.9. The summed E-state index contributed by atoms with van der Waals surface area (Å²) in [6.45, 7) is 1.20. The minimum Gasteiger partial charge on any atom is -0.331 e. The molecule has 1 aliphatic rings. The number of amides is 3. The number of nitrogens with one attached hydrogen (secondary N) is 1. The molecule has 3 amide bonds. The molecule has 1 aromatic rings. The number of carbonyl (C=O) groups excluding carboxylic acids is 2. The highest BCUT2D eigenvalue weighted by atomic mass is 16.2. The fraction of sp³-hybridized carbons (Fsp3) is 0.438. The van der Waals surface area contributed by atoms with Crippen LogP contribution in [0.15, 0.2) is 24.3 Å². The van der Waals surface area contributed by atoms with E-state index in [9.17, 15) is 9.59 Å². The molecule has 0 atom stereocenters. The van der Waals surface area contributed by atoms with Crippen LogP contribution >= 0.6 is 0 Å². The summed E-state index contributed by atoms with van der Waals surface area (Å²) in [4.78, 5) is 27.4. The van der Waals surface area contributed by atoms with Crippen molar-refractivity contribution >= 4 is 17.6 Å². The number of anilines is 1. The molecule has 0 bridgehead atoms. The average Bonchev–Trinajstić information content (AvgIpc) is 2.55. The Morgan fingerprint density at radius 3 is 2.32 bits per heavy atom. The summed E-state index contributed by atoms with van der Waals surface area (Å²) in [6.07, 6.45) is 1.34. The predicted molar refractivity (Wildman–Crippen MR) is 83.2 cm³/mol. The molecule has 0 aromatic heterocycles. The second-order valence-electron chi connectivity index (χ2n) is 5.62. The quantitative estimate of drug-likeness (QED) is 0.906. The topological polar surface area (TPSA) is 76.4 Å². The lowest BCUT2D eigenvalue weighted by atomic mass is 9.96. The highest BCUT2D eigenvalue weighted by Crippen LogP contribution is 2.20. The van der Waals surface area contributed by atoms with Gasteiger partial charge in [0.25, 0.3) is 0 Å². The molecule has 2 rings (SSSR count). The van der Waals surface area contributed by atoms with Gasteiger partial charge in [-0.2, -0.15) is 5.26 Å². The first kappa shape index (κ1) is 15.8. The number of carbonyl (C=O) groups is 2. The minimum atomic E-state index is -0.0816. The molecule has 22 heavy (non-hydrogen) atoms. The first-order chi connectivity index (χ1) is 10.5. The first-order valence-corrected chi connectivity index (χ1v) is 7.28. The van der Waals surface area contributed by atoms with Gasteiger partial charge in [-0.1, -0.05) is 0 Å². The maximum atomic E-state index is 12.2. The number of nitriles is 1. The third-order valence-electron chi connectivity index (χ3n) is 3.80. The summed E-state index contributed by atoms with van der Waals surface area (Å²) < 4.78 is 0. The molecular weight excluding hydrogens is 280 g/mol. The van der Waals surface area contributed by atoms with Gasteiger partial charge in [0.1, 0.15) is 0 Å². The van der Waals surface area contributed by atoms with Crippen molar-refractivity contribution in [2.45, 2.75) is 12.8 Å². The number of piperidine rings is 1. The van der Waals surface area contributed by atoms with E-state index in [0.717, 1.165) is 0 Å². The highest BCUT2D eigenvalue weighted by Gasteiger charge is 2.27. The van der Waals surface area contributed by atoms with Crippen molar-refractivity contribution in [3.8, 4) is 6.07 Å². The Hall–Kier alpha value is -2.55. The number of rotatable bonds is 2. The molecule has 0 radical (unpaired) electrons. The lowest BCUT2D eigenvalue weighted by molar-refractivity contribution is -0.121. The van der Waals surface area contributed by atoms with Crippen LogP contribution in [0.3, 0.4) is 0 Å². The fourth-order valence-electron chi connectivity index (χ4n) is 2.49. The van der Waals surface area contributed by atoms with Crippen LogP contribution in [0.5, 0.6) is 0 Å². The Balaban J connectivity index is 1.87. The Labute approximate surface area is 130 Å². The Bertz CT molecular complexity index is 581. The standard InChI is InChI=1S/C16H20N4O2/c1-19(2)16(22)20-9-7-13(8-10-20)15(21)18-14-5-3-12(11-17)4-6-14/h3-6,13H,7-10H2,1-2H3,(H,18,21). The van der Waals surface area contributed by atoms with Gasteiger partial charge < -0.3 is 15.1 Å². The zero-order valence-corrected chi connectivity index (χ0v) is 12.9. The van der Waals surface area contributed by atoms with Gasteiger partial charge in [0.2, 0.25) is 5.91 Å². The molecule has 1 aliphatic heterocycles. The Kier molecular flexibility index (Phi) is 4.99. The normalized spacial score (nSPS) is 15.0. The SMILES string of the molecule is CN(C)C(=O)N1CCC(C(=O)Nc2ccc(C#N)cc2)CC1. The second-order valence-corrected chi connectivity index (χ2v) is 5.62. The van der Waals surface area contributed by atoms with Gasteiger partial charge >= 0.3 is 6.03 Å². The summed E-state index contributed by atoms with van der Waals surface area (Å²) in [5.41, 5.74) is 1.25. The van der Waals surface area contributed by atoms with Gasteiger partial charge in [0.05, 0.1) is 11.6 Å². The van der Waals surface area contributed by atoms with E-state index in [2.05, 4.69) is 5.32 Å². The van der Waals surface area contributed by atoms with Crippen molar-refractivity contribution < 1.29 is 9.59 Å². The van der Waals surface area contributed by atoms with Crippen molar-refractivity contribution in [1.29, 1.82) is 5.26 Å². The van der Waals surface area contributed by atoms with Gasteiger partial charge in [-0.25, -0.2) is 4.79 Å². The molecule has 0 unspecified atom stereocenters. The van der Waals surface area contributed by atoms with Crippen LogP contribution in [0.25, 0.3) is 0 Å². The molecule has 1 N–H and O–H groups in total. The predicted octanol–water partition coefficient (Wildman–Crippen LogP) is 1.89. The lowest BCUT2D eigenvalue weighted by Gasteiger charge is -2.33. The van der Waals surface area contributed by atoms with Gasteiger partial charge in [-0.05, 0) is 37.1 Å². The Morgan fingerprint density at radius 2 is 1.82 bits per heavy atom. The van der Waals surface area contributed by atoms with Crippen molar-refractivity contribution in [2.75, 3.05) is 32.5 Å². The van der Waals surface area contributed by atoms with E-state index in [1.165, 1.54) is 0 Å². The van der Waals surface area contributed by atoms with E-state index in [1.807, 2.05) is 6.07 Å². The number of urea groups is 1. The van der Waals surface area contributed by atoms with E-state index in [1.54, 1.807) is 48.2 Å². The fourth-order valence-corrected chi connectivity index (χ4v) is 2.49. The number of hydrogen-bond acceptors (Lipinski definition) is 3. The molecule has 1 saturated heterocycles. The second kappa shape index (κ2) is 6.94. The molecule has 0 spiro atoms. The van der Waals surface area contributed by atoms with E-state index < -0.39 is 0 Å². The van der Waals surface area contributed by atoms with Crippen LogP contribution in [0.1, 0.15) is 18.4 Å².